The van der Waals surface area contributed by atoms with Gasteiger partial charge in [0.2, 0.25) is 0 Å². The van der Waals surface area contributed by atoms with Gasteiger partial charge in [-0.2, -0.15) is 0 Å². The minimum Gasteiger partial charge on any atom is -0.370 e. The first-order chi connectivity index (χ1) is 7.29. The second kappa shape index (κ2) is 6.67. The van der Waals surface area contributed by atoms with Crippen molar-refractivity contribution in [3.8, 4) is 0 Å². The van der Waals surface area contributed by atoms with E-state index in [0.29, 0.717) is 12.0 Å². The first-order valence-electron chi connectivity index (χ1n) is 6.36. The SMILES string of the molecule is CCC[C@@H]1C[C@H]1NC(N)=NCC1CCC1.I. The predicted octanol–water partition coefficient (Wildman–Crippen LogP) is 2.50. The van der Waals surface area contributed by atoms with Crippen LogP contribution < -0.4 is 11.1 Å². The van der Waals surface area contributed by atoms with Gasteiger partial charge in [0.15, 0.2) is 5.96 Å². The number of aliphatic imine (C=N–C) groups is 1. The summed E-state index contributed by atoms with van der Waals surface area (Å²) in [6, 6.07) is 0.620. The highest BCUT2D eigenvalue weighted by Gasteiger charge is 2.36. The number of halogens is 1. The summed E-state index contributed by atoms with van der Waals surface area (Å²) in [5.41, 5.74) is 5.84. The molecule has 0 saturated heterocycles. The largest absolute Gasteiger partial charge is 0.370 e. The fraction of sp³-hybridized carbons (Fsp3) is 0.917. The molecule has 0 bridgehead atoms. The number of guanidine groups is 1. The maximum atomic E-state index is 5.84. The second-order valence-corrected chi connectivity index (χ2v) is 5.06. The average Bonchev–Trinajstić information content (AvgIpc) is 2.81. The Kier molecular flexibility index (Phi) is 5.86. The van der Waals surface area contributed by atoms with E-state index in [2.05, 4.69) is 17.2 Å². The van der Waals surface area contributed by atoms with Gasteiger partial charge in [-0.05, 0) is 37.5 Å². The Labute approximate surface area is 116 Å². The van der Waals surface area contributed by atoms with Crippen LogP contribution in [0.2, 0.25) is 0 Å². The van der Waals surface area contributed by atoms with Crippen molar-refractivity contribution < 1.29 is 0 Å². The Morgan fingerprint density at radius 1 is 1.44 bits per heavy atom. The van der Waals surface area contributed by atoms with Gasteiger partial charge in [0, 0.05) is 12.6 Å². The predicted molar refractivity (Wildman–Crippen MR) is 79.2 cm³/mol. The molecule has 0 aromatic rings. The smallest absolute Gasteiger partial charge is 0.188 e. The molecule has 2 aliphatic rings. The van der Waals surface area contributed by atoms with Gasteiger partial charge in [0.1, 0.15) is 0 Å². The number of nitrogens with two attached hydrogens (primary N) is 1. The lowest BCUT2D eigenvalue weighted by Gasteiger charge is -2.23. The Hall–Kier alpha value is 0. The van der Waals surface area contributed by atoms with Crippen LogP contribution in [-0.4, -0.2) is 18.5 Å². The number of hydrogen-bond acceptors (Lipinski definition) is 1. The van der Waals surface area contributed by atoms with Gasteiger partial charge in [0.05, 0.1) is 0 Å². The van der Waals surface area contributed by atoms with Crippen molar-refractivity contribution in [3.63, 3.8) is 0 Å². The van der Waals surface area contributed by atoms with Crippen LogP contribution in [0.25, 0.3) is 0 Å². The van der Waals surface area contributed by atoms with Crippen molar-refractivity contribution in [1.82, 2.24) is 5.32 Å². The molecule has 2 atom stereocenters. The highest BCUT2D eigenvalue weighted by molar-refractivity contribution is 14.0. The Balaban J connectivity index is 0.00000128. The third-order valence-electron chi connectivity index (χ3n) is 3.66. The van der Waals surface area contributed by atoms with E-state index in [0.717, 1.165) is 18.4 Å². The van der Waals surface area contributed by atoms with Gasteiger partial charge in [-0.25, -0.2) is 0 Å². The van der Waals surface area contributed by atoms with E-state index >= 15 is 0 Å². The van der Waals surface area contributed by atoms with E-state index in [1.54, 1.807) is 0 Å². The van der Waals surface area contributed by atoms with Crippen molar-refractivity contribution in [3.05, 3.63) is 0 Å². The van der Waals surface area contributed by atoms with Crippen LogP contribution in [-0.2, 0) is 0 Å². The summed E-state index contributed by atoms with van der Waals surface area (Å²) in [4.78, 5) is 4.40. The molecule has 3 nitrogen and oxygen atoms in total. The van der Waals surface area contributed by atoms with Crippen LogP contribution in [0.3, 0.4) is 0 Å². The molecule has 2 rings (SSSR count). The zero-order chi connectivity index (χ0) is 10.7. The fourth-order valence-corrected chi connectivity index (χ4v) is 2.25. The summed E-state index contributed by atoms with van der Waals surface area (Å²) < 4.78 is 0. The Morgan fingerprint density at radius 3 is 2.75 bits per heavy atom. The molecule has 3 N–H and O–H groups in total. The molecule has 0 unspecified atom stereocenters. The van der Waals surface area contributed by atoms with E-state index < -0.39 is 0 Å². The molecule has 2 fully saturated rings. The quantitative estimate of drug-likeness (QED) is 0.460. The molecule has 0 aromatic carbocycles. The molecule has 0 heterocycles. The molecule has 0 amide bonds. The molecule has 4 heteroatoms. The van der Waals surface area contributed by atoms with Crippen molar-refractivity contribution in [2.45, 2.75) is 51.5 Å². The lowest BCUT2D eigenvalue weighted by molar-refractivity contribution is 0.326. The van der Waals surface area contributed by atoms with E-state index in [1.807, 2.05) is 0 Å². The molecule has 0 radical (unpaired) electrons. The minimum absolute atomic E-state index is 0. The van der Waals surface area contributed by atoms with Gasteiger partial charge in [-0.15, -0.1) is 24.0 Å². The van der Waals surface area contributed by atoms with E-state index in [4.69, 9.17) is 5.73 Å². The number of rotatable bonds is 5. The standard InChI is InChI=1S/C12H23N3.HI/c1-2-4-10-7-11(10)15-12(13)14-8-9-5-3-6-9;/h9-11H,2-8H2,1H3,(H3,13,14,15);1H/t10-,11-;/m1./s1. The van der Waals surface area contributed by atoms with Crippen LogP contribution >= 0.6 is 24.0 Å². The van der Waals surface area contributed by atoms with Gasteiger partial charge >= 0.3 is 0 Å². The molecule has 0 spiro atoms. The Morgan fingerprint density at radius 2 is 2.19 bits per heavy atom. The van der Waals surface area contributed by atoms with Crippen LogP contribution in [0.1, 0.15) is 45.4 Å². The average molecular weight is 337 g/mol. The van der Waals surface area contributed by atoms with E-state index in [-0.39, 0.29) is 24.0 Å². The first kappa shape index (κ1) is 14.1. The minimum atomic E-state index is 0. The molecule has 2 aliphatic carbocycles. The van der Waals surface area contributed by atoms with Crippen molar-refractivity contribution in [1.29, 1.82) is 0 Å². The highest BCUT2D eigenvalue weighted by atomic mass is 127. The Bertz CT molecular complexity index is 238. The summed E-state index contributed by atoms with van der Waals surface area (Å²) >= 11 is 0. The maximum absolute atomic E-state index is 5.84. The highest BCUT2D eigenvalue weighted by Crippen LogP contribution is 2.34. The lowest BCUT2D eigenvalue weighted by atomic mass is 9.86. The maximum Gasteiger partial charge on any atom is 0.188 e. The molecular weight excluding hydrogens is 313 g/mol. The van der Waals surface area contributed by atoms with E-state index in [1.165, 1.54) is 38.5 Å². The summed E-state index contributed by atoms with van der Waals surface area (Å²) in [6.45, 7) is 3.17. The first-order valence-corrected chi connectivity index (χ1v) is 6.36. The zero-order valence-electron chi connectivity index (χ0n) is 10.1. The monoisotopic (exact) mass is 337 g/mol. The summed E-state index contributed by atoms with van der Waals surface area (Å²) in [7, 11) is 0. The third-order valence-corrected chi connectivity index (χ3v) is 3.66. The van der Waals surface area contributed by atoms with Crippen molar-refractivity contribution >= 4 is 29.9 Å². The van der Waals surface area contributed by atoms with Crippen molar-refractivity contribution in [2.75, 3.05) is 6.54 Å². The molecule has 94 valence electrons. The lowest BCUT2D eigenvalue weighted by Crippen LogP contribution is -2.35. The van der Waals surface area contributed by atoms with Crippen LogP contribution in [0.5, 0.6) is 0 Å². The number of nitrogens with one attached hydrogen (secondary N) is 1. The molecular formula is C12H24IN3. The van der Waals surface area contributed by atoms with Gasteiger partial charge < -0.3 is 11.1 Å². The summed E-state index contributed by atoms with van der Waals surface area (Å²) in [6.07, 6.45) is 7.97. The molecule has 2 saturated carbocycles. The van der Waals surface area contributed by atoms with Crippen LogP contribution in [0, 0.1) is 11.8 Å². The van der Waals surface area contributed by atoms with Gasteiger partial charge in [0.25, 0.3) is 0 Å². The van der Waals surface area contributed by atoms with Crippen molar-refractivity contribution in [2.24, 2.45) is 22.6 Å². The topological polar surface area (TPSA) is 50.4 Å². The summed E-state index contributed by atoms with van der Waals surface area (Å²) in [5.74, 6) is 2.34. The molecule has 0 aliphatic heterocycles. The normalized spacial score (nSPS) is 29.2. The molecule has 0 aromatic heterocycles. The fourth-order valence-electron chi connectivity index (χ4n) is 2.25. The molecule has 16 heavy (non-hydrogen) atoms. The second-order valence-electron chi connectivity index (χ2n) is 5.06. The number of nitrogens with zero attached hydrogens (tertiary/aromatic N) is 1. The number of hydrogen-bond donors (Lipinski definition) is 2. The van der Waals surface area contributed by atoms with Crippen LogP contribution in [0.15, 0.2) is 4.99 Å². The zero-order valence-corrected chi connectivity index (χ0v) is 12.4. The van der Waals surface area contributed by atoms with Gasteiger partial charge in [-0.1, -0.05) is 19.8 Å². The third kappa shape index (κ3) is 4.11. The van der Waals surface area contributed by atoms with E-state index in [9.17, 15) is 0 Å². The van der Waals surface area contributed by atoms with Crippen LogP contribution in [0.4, 0.5) is 0 Å². The van der Waals surface area contributed by atoms with Gasteiger partial charge in [-0.3, -0.25) is 4.99 Å². The summed E-state index contributed by atoms with van der Waals surface area (Å²) in [5, 5.41) is 3.32.